The molecule has 2 aromatic rings. The Morgan fingerprint density at radius 3 is 2.94 bits per heavy atom. The molecule has 0 fully saturated rings. The van der Waals surface area contributed by atoms with Crippen molar-refractivity contribution in [2.24, 2.45) is 0 Å². The number of aromatic nitrogens is 2. The molecule has 0 aliphatic carbocycles. The number of nitrogens with zero attached hydrogens (tertiary/aromatic N) is 2. The van der Waals surface area contributed by atoms with E-state index >= 15 is 0 Å². The second kappa shape index (κ2) is 5.84. The Morgan fingerprint density at radius 2 is 2.24 bits per heavy atom. The van der Waals surface area contributed by atoms with Gasteiger partial charge in [0.15, 0.2) is 0 Å². The van der Waals surface area contributed by atoms with Crippen molar-refractivity contribution in [3.8, 4) is 10.9 Å². The first-order valence-electron chi connectivity index (χ1n) is 4.96. The number of halogens is 1. The summed E-state index contributed by atoms with van der Waals surface area (Å²) in [5, 5.41) is 9.03. The third-order valence-electron chi connectivity index (χ3n) is 2.06. The minimum atomic E-state index is 0.361. The number of benzene rings is 1. The second-order valence-corrected chi connectivity index (χ2v) is 4.53. The minimum absolute atomic E-state index is 0.361. The maximum atomic E-state index is 5.63. The van der Waals surface area contributed by atoms with E-state index in [1.165, 1.54) is 11.3 Å². The van der Waals surface area contributed by atoms with Crippen LogP contribution in [-0.2, 0) is 12.5 Å². The maximum absolute atomic E-state index is 5.63. The largest absolute Gasteiger partial charge is 0.497 e. The van der Waals surface area contributed by atoms with Crippen LogP contribution < -0.4 is 9.47 Å². The van der Waals surface area contributed by atoms with Crippen LogP contribution in [0.2, 0.25) is 0 Å². The summed E-state index contributed by atoms with van der Waals surface area (Å²) in [5.74, 6) is 1.17. The van der Waals surface area contributed by atoms with Crippen LogP contribution in [0.25, 0.3) is 0 Å². The molecule has 1 aromatic heterocycles. The Kier molecular flexibility index (Phi) is 4.17. The molecule has 6 heteroatoms. The highest BCUT2D eigenvalue weighted by Gasteiger charge is 2.04. The van der Waals surface area contributed by atoms with E-state index in [-0.39, 0.29) is 0 Å². The van der Waals surface area contributed by atoms with Gasteiger partial charge in [-0.2, -0.15) is 0 Å². The van der Waals surface area contributed by atoms with Crippen molar-refractivity contribution < 1.29 is 9.47 Å². The van der Waals surface area contributed by atoms with Gasteiger partial charge in [0.25, 0.3) is 5.19 Å². The van der Waals surface area contributed by atoms with Crippen LogP contribution in [0.15, 0.2) is 24.3 Å². The van der Waals surface area contributed by atoms with Crippen LogP contribution in [0.5, 0.6) is 10.9 Å². The van der Waals surface area contributed by atoms with Gasteiger partial charge in [0.1, 0.15) is 17.4 Å². The molecule has 0 saturated carbocycles. The number of hydrogen-bond acceptors (Lipinski definition) is 5. The quantitative estimate of drug-likeness (QED) is 0.784. The summed E-state index contributed by atoms with van der Waals surface area (Å²) in [6.45, 7) is 0.439. The molecule has 0 unspecified atom stereocenters. The van der Waals surface area contributed by atoms with Crippen LogP contribution in [-0.4, -0.2) is 17.3 Å². The summed E-state index contributed by atoms with van der Waals surface area (Å²) in [6.07, 6.45) is 0. The van der Waals surface area contributed by atoms with Crippen LogP contribution in [0.4, 0.5) is 0 Å². The van der Waals surface area contributed by atoms with Crippen molar-refractivity contribution in [1.29, 1.82) is 0 Å². The average molecular weight is 271 g/mol. The van der Waals surface area contributed by atoms with Gasteiger partial charge >= 0.3 is 0 Å². The lowest BCUT2D eigenvalue weighted by atomic mass is 10.2. The summed E-state index contributed by atoms with van der Waals surface area (Å²) in [6, 6.07) is 7.69. The molecule has 17 heavy (non-hydrogen) atoms. The maximum Gasteiger partial charge on any atom is 0.294 e. The fourth-order valence-corrected chi connectivity index (χ4v) is 2.01. The first-order chi connectivity index (χ1) is 8.31. The molecule has 0 saturated heterocycles. The Morgan fingerprint density at radius 1 is 1.35 bits per heavy atom. The number of rotatable bonds is 5. The molecule has 4 nitrogen and oxygen atoms in total. The lowest BCUT2D eigenvalue weighted by molar-refractivity contribution is 0.301. The van der Waals surface area contributed by atoms with Crippen molar-refractivity contribution in [2.45, 2.75) is 12.5 Å². The SMILES string of the molecule is COc1cccc(COc2nnc(CCl)s2)c1. The van der Waals surface area contributed by atoms with Crippen LogP contribution in [0, 0.1) is 0 Å². The Balaban J connectivity index is 1.96. The van der Waals surface area contributed by atoms with E-state index in [0.29, 0.717) is 17.7 Å². The van der Waals surface area contributed by atoms with Crippen molar-refractivity contribution in [1.82, 2.24) is 10.2 Å². The summed E-state index contributed by atoms with van der Waals surface area (Å²) < 4.78 is 10.6. The molecule has 0 amide bonds. The molecule has 1 aromatic carbocycles. The number of alkyl halides is 1. The molecule has 0 aliphatic rings. The van der Waals surface area contributed by atoms with E-state index in [9.17, 15) is 0 Å². The molecule has 2 rings (SSSR count). The molecule has 1 heterocycles. The van der Waals surface area contributed by atoms with Gasteiger partial charge < -0.3 is 9.47 Å². The number of methoxy groups -OCH3 is 1. The van der Waals surface area contributed by atoms with Gasteiger partial charge in [-0.25, -0.2) is 0 Å². The van der Waals surface area contributed by atoms with Gasteiger partial charge in [0.2, 0.25) is 0 Å². The molecule has 0 bridgehead atoms. The van der Waals surface area contributed by atoms with Gasteiger partial charge in [-0.05, 0) is 17.7 Å². The molecule has 0 spiro atoms. The standard InChI is InChI=1S/C11H11ClN2O2S/c1-15-9-4-2-3-8(5-9)7-16-11-14-13-10(6-12)17-11/h2-5H,6-7H2,1H3. The zero-order chi connectivity index (χ0) is 12.1. The predicted octanol–water partition coefficient (Wildman–Crippen LogP) is 2.86. The van der Waals surface area contributed by atoms with E-state index in [4.69, 9.17) is 21.1 Å². The molecular formula is C11H11ClN2O2S. The van der Waals surface area contributed by atoms with Crippen LogP contribution >= 0.6 is 22.9 Å². The molecular weight excluding hydrogens is 260 g/mol. The van der Waals surface area contributed by atoms with Gasteiger partial charge in [-0.15, -0.1) is 21.8 Å². The summed E-state index contributed by atoms with van der Waals surface area (Å²) >= 11 is 6.99. The summed E-state index contributed by atoms with van der Waals surface area (Å²) in [5.41, 5.74) is 1.02. The fraction of sp³-hybridized carbons (Fsp3) is 0.273. The Bertz CT molecular complexity index is 490. The summed E-state index contributed by atoms with van der Waals surface area (Å²) in [4.78, 5) is 0. The highest BCUT2D eigenvalue weighted by molar-refractivity contribution is 7.13. The van der Waals surface area contributed by atoms with E-state index < -0.39 is 0 Å². The molecule has 0 atom stereocenters. The normalized spacial score (nSPS) is 10.2. The fourth-order valence-electron chi connectivity index (χ4n) is 1.26. The minimum Gasteiger partial charge on any atom is -0.497 e. The third kappa shape index (κ3) is 3.31. The molecule has 0 aliphatic heterocycles. The monoisotopic (exact) mass is 270 g/mol. The van der Waals surface area contributed by atoms with Crippen molar-refractivity contribution in [3.05, 3.63) is 34.8 Å². The zero-order valence-corrected chi connectivity index (χ0v) is 10.8. The van der Waals surface area contributed by atoms with Crippen molar-refractivity contribution in [3.63, 3.8) is 0 Å². The lowest BCUT2D eigenvalue weighted by Crippen LogP contribution is -1.95. The smallest absolute Gasteiger partial charge is 0.294 e. The van der Waals surface area contributed by atoms with E-state index in [1.54, 1.807) is 7.11 Å². The van der Waals surface area contributed by atoms with E-state index in [1.807, 2.05) is 24.3 Å². The van der Waals surface area contributed by atoms with Gasteiger partial charge in [0, 0.05) is 0 Å². The Labute approximate surface area is 108 Å². The third-order valence-corrected chi connectivity index (χ3v) is 3.31. The highest BCUT2D eigenvalue weighted by atomic mass is 35.5. The first-order valence-corrected chi connectivity index (χ1v) is 6.31. The number of hydrogen-bond donors (Lipinski definition) is 0. The van der Waals surface area contributed by atoms with Crippen molar-refractivity contribution in [2.75, 3.05) is 7.11 Å². The highest BCUT2D eigenvalue weighted by Crippen LogP contribution is 2.21. The molecule has 90 valence electrons. The molecule has 0 radical (unpaired) electrons. The topological polar surface area (TPSA) is 44.2 Å². The predicted molar refractivity (Wildman–Crippen MR) is 66.8 cm³/mol. The average Bonchev–Trinajstić information content (AvgIpc) is 2.84. The number of ether oxygens (including phenoxy) is 2. The van der Waals surface area contributed by atoms with Gasteiger partial charge in [-0.1, -0.05) is 23.5 Å². The van der Waals surface area contributed by atoms with Gasteiger partial charge in [-0.3, -0.25) is 0 Å². The van der Waals surface area contributed by atoms with E-state index in [2.05, 4.69) is 10.2 Å². The van der Waals surface area contributed by atoms with Crippen molar-refractivity contribution >= 4 is 22.9 Å². The summed E-state index contributed by atoms with van der Waals surface area (Å²) in [7, 11) is 1.64. The van der Waals surface area contributed by atoms with Crippen LogP contribution in [0.1, 0.15) is 10.6 Å². The second-order valence-electron chi connectivity index (χ2n) is 3.24. The lowest BCUT2D eigenvalue weighted by Gasteiger charge is -2.04. The molecule has 0 N–H and O–H groups in total. The zero-order valence-electron chi connectivity index (χ0n) is 9.22. The van der Waals surface area contributed by atoms with E-state index in [0.717, 1.165) is 16.3 Å². The first kappa shape index (κ1) is 12.1. The Hall–Kier alpha value is -1.33. The van der Waals surface area contributed by atoms with Crippen LogP contribution in [0.3, 0.4) is 0 Å². The van der Waals surface area contributed by atoms with Gasteiger partial charge in [0.05, 0.1) is 13.0 Å².